The normalized spacial score (nSPS) is 20.3. The minimum absolute atomic E-state index is 0.0614. The standard InChI is InChI=1S/C49H57F3N10O3/c1-31(43-28-39-38(13-18-54-46(39)58(43)2)36-7-11-44(53)55-29-36)60-21-16-34(17-22-60)33-3-5-35(6-4-33)48(65)62-19-14-32(15-20-62)30-59-23-25-61(26-24-59)42-10-8-37(27-40(42)49(50,51)52)56-41-9-12-45(63)57-47(41)64/h3-8,10-11,13,18,27-29,31-32,34,41,56H,9,12,14-17,19-26,30H2,1-2H3,(H2,53,55)(H,57,63,64)/t31-,41?/m0/s1. The van der Waals surface area contributed by atoms with Crippen LogP contribution in [-0.4, -0.2) is 112 Å². The molecule has 0 bridgehead atoms. The van der Waals surface area contributed by atoms with Crippen molar-refractivity contribution in [2.24, 2.45) is 13.0 Å². The van der Waals surface area contributed by atoms with Crippen molar-refractivity contribution in [2.75, 3.05) is 74.9 Å². The molecule has 1 unspecified atom stereocenters. The van der Waals surface area contributed by atoms with Gasteiger partial charge in [-0.1, -0.05) is 12.1 Å². The molecule has 342 valence electrons. The van der Waals surface area contributed by atoms with Gasteiger partial charge in [0, 0.05) is 111 Å². The number of alkyl halides is 3. The highest BCUT2D eigenvalue weighted by molar-refractivity contribution is 6.01. The summed E-state index contributed by atoms with van der Waals surface area (Å²) in [5.74, 6) is 0.480. The van der Waals surface area contributed by atoms with Crippen molar-refractivity contribution in [3.05, 3.63) is 102 Å². The number of hydrogen-bond acceptors (Lipinski definition) is 10. The van der Waals surface area contributed by atoms with Gasteiger partial charge >= 0.3 is 6.18 Å². The monoisotopic (exact) mass is 890 g/mol. The zero-order valence-corrected chi connectivity index (χ0v) is 37.0. The van der Waals surface area contributed by atoms with Crippen LogP contribution in [0.1, 0.15) is 84.6 Å². The molecule has 3 amide bonds. The van der Waals surface area contributed by atoms with Crippen LogP contribution in [-0.2, 0) is 22.8 Å². The van der Waals surface area contributed by atoms with Gasteiger partial charge in [-0.3, -0.25) is 29.5 Å². The molecule has 4 N–H and O–H groups in total. The third-order valence-corrected chi connectivity index (χ3v) is 14.2. The number of benzene rings is 2. The first-order valence-corrected chi connectivity index (χ1v) is 22.9. The largest absolute Gasteiger partial charge is 0.418 e. The molecule has 9 rings (SSSR count). The third-order valence-electron chi connectivity index (χ3n) is 14.2. The van der Waals surface area contributed by atoms with E-state index in [1.165, 1.54) is 17.3 Å². The molecule has 2 atom stereocenters. The maximum atomic E-state index is 14.3. The molecule has 13 nitrogen and oxygen atoms in total. The van der Waals surface area contributed by atoms with Crippen LogP contribution in [0.4, 0.5) is 30.4 Å². The molecule has 0 saturated carbocycles. The molecule has 0 spiro atoms. The second-order valence-electron chi connectivity index (χ2n) is 18.2. The lowest BCUT2D eigenvalue weighted by atomic mass is 9.88. The van der Waals surface area contributed by atoms with Crippen molar-refractivity contribution < 1.29 is 27.6 Å². The Morgan fingerprint density at radius 3 is 2.29 bits per heavy atom. The van der Waals surface area contributed by atoms with Gasteiger partial charge in [0.05, 0.1) is 5.56 Å². The van der Waals surface area contributed by atoms with E-state index in [2.05, 4.69) is 62.2 Å². The second-order valence-corrected chi connectivity index (χ2v) is 18.2. The zero-order chi connectivity index (χ0) is 45.4. The summed E-state index contributed by atoms with van der Waals surface area (Å²) in [5.41, 5.74) is 11.7. The molecular formula is C49H57F3N10O3. The van der Waals surface area contributed by atoms with Crippen LogP contribution in [0.5, 0.6) is 0 Å². The van der Waals surface area contributed by atoms with E-state index in [4.69, 9.17) is 10.7 Å². The van der Waals surface area contributed by atoms with Gasteiger partial charge < -0.3 is 25.4 Å². The molecule has 4 fully saturated rings. The molecule has 4 aliphatic heterocycles. The van der Waals surface area contributed by atoms with Crippen LogP contribution in [0.2, 0.25) is 0 Å². The number of piperazine rings is 1. The number of amides is 3. The Labute approximate surface area is 377 Å². The number of aromatic nitrogens is 3. The van der Waals surface area contributed by atoms with Crippen molar-refractivity contribution in [1.82, 2.24) is 34.6 Å². The van der Waals surface area contributed by atoms with Crippen LogP contribution in [0, 0.1) is 5.92 Å². The smallest absolute Gasteiger partial charge is 0.384 e. The Balaban J connectivity index is 0.730. The average molecular weight is 891 g/mol. The lowest BCUT2D eigenvalue weighted by Crippen LogP contribution is -2.49. The first kappa shape index (κ1) is 44.2. The van der Waals surface area contributed by atoms with E-state index >= 15 is 0 Å². The van der Waals surface area contributed by atoms with Gasteiger partial charge in [-0.05, 0) is 130 Å². The van der Waals surface area contributed by atoms with Gasteiger partial charge in [-0.25, -0.2) is 9.97 Å². The number of aryl methyl sites for hydroxylation is 1. The second kappa shape index (κ2) is 18.5. The van der Waals surface area contributed by atoms with Crippen molar-refractivity contribution in [1.29, 1.82) is 0 Å². The summed E-state index contributed by atoms with van der Waals surface area (Å²) >= 11 is 0. The number of carbonyl (C=O) groups excluding carboxylic acids is 3. The molecule has 3 aromatic heterocycles. The van der Waals surface area contributed by atoms with E-state index in [1.807, 2.05) is 47.6 Å². The zero-order valence-electron chi connectivity index (χ0n) is 37.0. The van der Waals surface area contributed by atoms with Crippen LogP contribution in [0.25, 0.3) is 22.2 Å². The summed E-state index contributed by atoms with van der Waals surface area (Å²) in [6.07, 6.45) is 3.29. The first-order valence-electron chi connectivity index (χ1n) is 22.9. The van der Waals surface area contributed by atoms with Crippen molar-refractivity contribution in [2.45, 2.75) is 69.6 Å². The predicted octanol–water partition coefficient (Wildman–Crippen LogP) is 7.07. The minimum atomic E-state index is -4.58. The Hall–Kier alpha value is -6.00. The minimum Gasteiger partial charge on any atom is -0.384 e. The van der Waals surface area contributed by atoms with Crippen LogP contribution >= 0.6 is 0 Å². The van der Waals surface area contributed by atoms with Crippen molar-refractivity contribution in [3.8, 4) is 11.1 Å². The summed E-state index contributed by atoms with van der Waals surface area (Å²) in [4.78, 5) is 55.0. The van der Waals surface area contributed by atoms with Crippen LogP contribution in [0.3, 0.4) is 0 Å². The quantitative estimate of drug-likeness (QED) is 0.125. The Kier molecular flexibility index (Phi) is 12.6. The third kappa shape index (κ3) is 9.55. The fraction of sp³-hybridized carbons (Fsp3) is 0.449. The molecule has 4 aliphatic rings. The summed E-state index contributed by atoms with van der Waals surface area (Å²) < 4.78 is 45.1. The maximum Gasteiger partial charge on any atom is 0.418 e. The lowest BCUT2D eigenvalue weighted by Gasteiger charge is -2.40. The summed E-state index contributed by atoms with van der Waals surface area (Å²) in [7, 11) is 2.09. The summed E-state index contributed by atoms with van der Waals surface area (Å²) in [6, 6.07) is 19.9. The molecule has 0 radical (unpaired) electrons. The number of nitrogen functional groups attached to an aromatic ring is 1. The number of piperidine rings is 3. The summed E-state index contributed by atoms with van der Waals surface area (Å²) in [6.45, 7) is 8.65. The predicted molar refractivity (Wildman–Crippen MR) is 245 cm³/mol. The highest BCUT2D eigenvalue weighted by Gasteiger charge is 2.37. The Morgan fingerprint density at radius 2 is 1.62 bits per heavy atom. The number of carbonyl (C=O) groups is 3. The van der Waals surface area contributed by atoms with E-state index in [1.54, 1.807) is 11.0 Å². The summed E-state index contributed by atoms with van der Waals surface area (Å²) in [5, 5.41) is 6.21. The van der Waals surface area contributed by atoms with Gasteiger partial charge in [-0.2, -0.15) is 13.2 Å². The number of imide groups is 1. The van der Waals surface area contributed by atoms with Gasteiger partial charge in [0.2, 0.25) is 11.8 Å². The molecule has 65 heavy (non-hydrogen) atoms. The first-order chi connectivity index (χ1) is 31.3. The number of anilines is 3. The number of nitrogens with zero attached hydrogens (tertiary/aromatic N) is 7. The molecule has 0 aliphatic carbocycles. The number of fused-ring (bicyclic) bond motifs is 1. The van der Waals surface area contributed by atoms with E-state index in [0.717, 1.165) is 73.5 Å². The Bertz CT molecular complexity index is 2520. The van der Waals surface area contributed by atoms with Gasteiger partial charge in [0.15, 0.2) is 0 Å². The number of hydrogen-bond donors (Lipinski definition) is 3. The van der Waals surface area contributed by atoms with Gasteiger partial charge in [0.25, 0.3) is 5.91 Å². The van der Waals surface area contributed by atoms with Gasteiger partial charge in [-0.15, -0.1) is 0 Å². The SMILES string of the molecule is C[C@@H](c1cc2c(-c3ccc(N)nc3)ccnc2n1C)N1CCC(c2ccc(C(=O)N3CCC(CN4CCN(c5ccc(NC6CCC(=O)NC6=O)cc5C(F)(F)F)CC4)CC3)cc2)CC1. The van der Waals surface area contributed by atoms with E-state index in [9.17, 15) is 27.6 Å². The number of pyridine rings is 2. The highest BCUT2D eigenvalue weighted by Crippen LogP contribution is 2.40. The number of nitrogens with one attached hydrogen (secondary N) is 2. The topological polar surface area (TPSA) is 145 Å². The molecule has 2 aromatic carbocycles. The number of likely N-dealkylation sites (tertiary alicyclic amines) is 2. The number of halogens is 3. The van der Waals surface area contributed by atoms with Crippen LogP contribution in [0.15, 0.2) is 79.1 Å². The fourth-order valence-electron chi connectivity index (χ4n) is 10.4. The average Bonchev–Trinajstić information content (AvgIpc) is 3.66. The van der Waals surface area contributed by atoms with E-state index in [0.29, 0.717) is 62.5 Å². The lowest BCUT2D eigenvalue weighted by molar-refractivity contribution is -0.137. The maximum absolute atomic E-state index is 14.3. The van der Waals surface area contributed by atoms with E-state index < -0.39 is 23.7 Å². The van der Waals surface area contributed by atoms with Crippen molar-refractivity contribution in [3.63, 3.8) is 0 Å². The highest BCUT2D eigenvalue weighted by atomic mass is 19.4. The molecule has 16 heteroatoms. The molecular weight excluding hydrogens is 834 g/mol. The molecule has 4 saturated heterocycles. The van der Waals surface area contributed by atoms with Crippen molar-refractivity contribution >= 4 is 45.9 Å². The molecule has 5 aromatic rings. The number of rotatable bonds is 10. The van der Waals surface area contributed by atoms with E-state index in [-0.39, 0.29) is 42.1 Å². The van der Waals surface area contributed by atoms with Crippen LogP contribution < -0.4 is 21.3 Å². The van der Waals surface area contributed by atoms with Gasteiger partial charge in [0.1, 0.15) is 17.5 Å². The Morgan fingerprint density at radius 1 is 0.877 bits per heavy atom. The number of nitrogens with two attached hydrogens (primary N) is 1. The fourth-order valence-corrected chi connectivity index (χ4v) is 10.4. The molecule has 7 heterocycles.